The predicted molar refractivity (Wildman–Crippen MR) is 111 cm³/mol. The first-order valence-corrected chi connectivity index (χ1v) is 10.8. The van der Waals surface area contributed by atoms with Crippen molar-refractivity contribution in [2.24, 2.45) is 5.92 Å². The summed E-state index contributed by atoms with van der Waals surface area (Å²) < 4.78 is 0. The molecule has 1 spiro atoms. The number of rotatable bonds is 5. The zero-order valence-corrected chi connectivity index (χ0v) is 17.1. The number of imide groups is 1. The maximum Gasteiger partial charge on any atom is 0.325 e. The minimum Gasteiger partial charge on any atom is -0.323 e. The van der Waals surface area contributed by atoms with Crippen LogP contribution in [0.25, 0.3) is 11.3 Å². The van der Waals surface area contributed by atoms with E-state index >= 15 is 0 Å². The number of benzene rings is 1. The van der Waals surface area contributed by atoms with Crippen molar-refractivity contribution in [3.8, 4) is 11.3 Å². The van der Waals surface area contributed by atoms with E-state index in [9.17, 15) is 14.4 Å². The molecule has 1 aliphatic heterocycles. The molecular formula is C21H24N4O3S. The van der Waals surface area contributed by atoms with Crippen molar-refractivity contribution in [3.05, 3.63) is 35.7 Å². The van der Waals surface area contributed by atoms with Crippen molar-refractivity contribution in [2.75, 3.05) is 11.9 Å². The Kier molecular flexibility index (Phi) is 5.36. The number of anilines is 1. The molecule has 2 aliphatic rings. The lowest BCUT2D eigenvalue weighted by Gasteiger charge is -2.34. The second-order valence-electron chi connectivity index (χ2n) is 7.71. The van der Waals surface area contributed by atoms with Gasteiger partial charge in [-0.25, -0.2) is 9.78 Å². The van der Waals surface area contributed by atoms with Crippen LogP contribution in [-0.4, -0.2) is 39.8 Å². The molecule has 4 rings (SSSR count). The van der Waals surface area contributed by atoms with Crippen LogP contribution in [-0.2, 0) is 9.59 Å². The van der Waals surface area contributed by atoms with E-state index in [1.54, 1.807) is 0 Å². The number of carbonyl (C=O) groups excluding carboxylic acids is 3. The normalized spacial score (nSPS) is 24.0. The van der Waals surface area contributed by atoms with Crippen LogP contribution in [0.15, 0.2) is 35.7 Å². The third-order valence-electron chi connectivity index (χ3n) is 5.90. The monoisotopic (exact) mass is 412 g/mol. The lowest BCUT2D eigenvalue weighted by Crippen LogP contribution is -2.49. The van der Waals surface area contributed by atoms with Gasteiger partial charge in [-0.05, 0) is 31.6 Å². The lowest BCUT2D eigenvalue weighted by atomic mass is 9.75. The van der Waals surface area contributed by atoms with E-state index in [2.05, 4.69) is 22.5 Å². The highest BCUT2D eigenvalue weighted by atomic mass is 32.1. The van der Waals surface area contributed by atoms with E-state index < -0.39 is 17.5 Å². The fourth-order valence-corrected chi connectivity index (χ4v) is 4.85. The number of aromatic nitrogens is 1. The number of hydrogen-bond donors (Lipinski definition) is 2. The minimum absolute atomic E-state index is 0.281. The number of nitrogens with one attached hydrogen (secondary N) is 2. The molecule has 8 heteroatoms. The average Bonchev–Trinajstić information content (AvgIpc) is 3.28. The summed E-state index contributed by atoms with van der Waals surface area (Å²) in [5.41, 5.74) is 0.903. The highest BCUT2D eigenvalue weighted by Gasteiger charge is 2.52. The SMILES string of the molecule is CCC1CCC2(CC1)NC(=O)N(CC(=O)Nc1nc(-c3ccccc3)cs1)C2=O. The largest absolute Gasteiger partial charge is 0.325 e. The molecule has 2 N–H and O–H groups in total. The summed E-state index contributed by atoms with van der Waals surface area (Å²) in [5, 5.41) is 7.86. The van der Waals surface area contributed by atoms with Gasteiger partial charge < -0.3 is 10.6 Å². The second-order valence-corrected chi connectivity index (χ2v) is 8.57. The van der Waals surface area contributed by atoms with E-state index in [1.807, 2.05) is 35.7 Å². The molecule has 2 fully saturated rings. The van der Waals surface area contributed by atoms with Gasteiger partial charge in [0.2, 0.25) is 5.91 Å². The Morgan fingerprint density at radius 2 is 2.00 bits per heavy atom. The maximum absolute atomic E-state index is 12.9. The smallest absolute Gasteiger partial charge is 0.323 e. The van der Waals surface area contributed by atoms with Crippen LogP contribution in [0.3, 0.4) is 0 Å². The van der Waals surface area contributed by atoms with Crippen molar-refractivity contribution in [1.82, 2.24) is 15.2 Å². The van der Waals surface area contributed by atoms with Crippen molar-refractivity contribution < 1.29 is 14.4 Å². The topological polar surface area (TPSA) is 91.4 Å². The minimum atomic E-state index is -0.829. The Bertz CT molecular complexity index is 919. The van der Waals surface area contributed by atoms with E-state index in [4.69, 9.17) is 0 Å². The van der Waals surface area contributed by atoms with Gasteiger partial charge in [0.25, 0.3) is 5.91 Å². The number of carbonyl (C=O) groups is 3. The molecule has 1 saturated heterocycles. The standard InChI is InChI=1S/C21H24N4O3S/c1-2-14-8-10-21(11-9-14)18(27)25(20(28)24-21)12-17(26)23-19-22-16(13-29-19)15-6-4-3-5-7-15/h3-7,13-14H,2,8-12H2,1H3,(H,24,28)(H,22,23,26). The molecule has 1 saturated carbocycles. The van der Waals surface area contributed by atoms with E-state index in [-0.39, 0.29) is 12.5 Å². The molecule has 0 unspecified atom stereocenters. The molecule has 29 heavy (non-hydrogen) atoms. The van der Waals surface area contributed by atoms with Crippen LogP contribution in [0.1, 0.15) is 39.0 Å². The van der Waals surface area contributed by atoms with Gasteiger partial charge in [0.15, 0.2) is 5.13 Å². The Morgan fingerprint density at radius 1 is 1.28 bits per heavy atom. The summed E-state index contributed by atoms with van der Waals surface area (Å²) in [5.74, 6) is -0.107. The number of nitrogens with zero attached hydrogens (tertiary/aromatic N) is 2. The van der Waals surface area contributed by atoms with Crippen LogP contribution < -0.4 is 10.6 Å². The zero-order chi connectivity index (χ0) is 20.4. The molecule has 1 aromatic carbocycles. The van der Waals surface area contributed by atoms with Crippen LogP contribution >= 0.6 is 11.3 Å². The Balaban J connectivity index is 1.38. The van der Waals surface area contributed by atoms with Gasteiger partial charge in [-0.15, -0.1) is 11.3 Å². The number of hydrogen-bond acceptors (Lipinski definition) is 5. The van der Waals surface area contributed by atoms with Crippen molar-refractivity contribution in [3.63, 3.8) is 0 Å². The number of urea groups is 1. The van der Waals surface area contributed by atoms with Gasteiger partial charge in [0.05, 0.1) is 5.69 Å². The van der Waals surface area contributed by atoms with Crippen LogP contribution in [0.2, 0.25) is 0 Å². The number of thiazole rings is 1. The Morgan fingerprint density at radius 3 is 2.69 bits per heavy atom. The molecule has 0 radical (unpaired) electrons. The van der Waals surface area contributed by atoms with Gasteiger partial charge in [-0.3, -0.25) is 14.5 Å². The molecular weight excluding hydrogens is 388 g/mol. The summed E-state index contributed by atoms with van der Waals surface area (Å²) in [6.07, 6.45) is 4.21. The average molecular weight is 413 g/mol. The highest BCUT2D eigenvalue weighted by Crippen LogP contribution is 2.37. The van der Waals surface area contributed by atoms with Crippen molar-refractivity contribution in [2.45, 2.75) is 44.6 Å². The third-order valence-corrected chi connectivity index (χ3v) is 6.66. The first-order valence-electron chi connectivity index (χ1n) is 9.95. The van der Waals surface area contributed by atoms with Crippen LogP contribution in [0.4, 0.5) is 9.93 Å². The summed E-state index contributed by atoms with van der Waals surface area (Å²) in [6, 6.07) is 9.19. The highest BCUT2D eigenvalue weighted by molar-refractivity contribution is 7.14. The number of amides is 4. The fourth-order valence-electron chi connectivity index (χ4n) is 4.11. The van der Waals surface area contributed by atoms with Gasteiger partial charge in [-0.2, -0.15) is 0 Å². The molecule has 2 aromatic rings. The van der Waals surface area contributed by atoms with E-state index in [1.165, 1.54) is 11.3 Å². The van der Waals surface area contributed by atoms with Crippen LogP contribution in [0, 0.1) is 5.92 Å². The first kappa shape index (κ1) is 19.6. The van der Waals surface area contributed by atoms with Gasteiger partial charge in [-0.1, -0.05) is 43.7 Å². The predicted octanol–water partition coefficient (Wildman–Crippen LogP) is 3.64. The van der Waals surface area contributed by atoms with E-state index in [0.717, 1.165) is 35.4 Å². The van der Waals surface area contributed by atoms with E-state index in [0.29, 0.717) is 23.9 Å². The van der Waals surface area contributed by atoms with Gasteiger partial charge in [0, 0.05) is 10.9 Å². The lowest BCUT2D eigenvalue weighted by molar-refractivity contribution is -0.135. The zero-order valence-electron chi connectivity index (χ0n) is 16.3. The summed E-state index contributed by atoms with van der Waals surface area (Å²) in [7, 11) is 0. The fraction of sp³-hybridized carbons (Fsp3) is 0.429. The first-order chi connectivity index (χ1) is 14.0. The molecule has 1 aromatic heterocycles. The molecule has 4 amide bonds. The van der Waals surface area contributed by atoms with Crippen LogP contribution in [0.5, 0.6) is 0 Å². The third kappa shape index (κ3) is 3.89. The second kappa shape index (κ2) is 7.94. The molecule has 152 valence electrons. The molecule has 0 bridgehead atoms. The van der Waals surface area contributed by atoms with Gasteiger partial charge in [0.1, 0.15) is 12.1 Å². The Hall–Kier alpha value is -2.74. The van der Waals surface area contributed by atoms with Gasteiger partial charge >= 0.3 is 6.03 Å². The molecule has 2 heterocycles. The maximum atomic E-state index is 12.9. The van der Waals surface area contributed by atoms with Crippen molar-refractivity contribution >= 4 is 34.3 Å². The van der Waals surface area contributed by atoms with Crippen molar-refractivity contribution in [1.29, 1.82) is 0 Å². The molecule has 0 atom stereocenters. The summed E-state index contributed by atoms with van der Waals surface area (Å²) >= 11 is 1.31. The molecule has 7 nitrogen and oxygen atoms in total. The summed E-state index contributed by atoms with van der Waals surface area (Å²) in [4.78, 5) is 43.2. The summed E-state index contributed by atoms with van der Waals surface area (Å²) in [6.45, 7) is 1.85. The quantitative estimate of drug-likeness (QED) is 0.734. The molecule has 1 aliphatic carbocycles. The Labute approximate surface area is 173 Å².